The molecule has 0 saturated carbocycles. The topological polar surface area (TPSA) is 97.0 Å². The van der Waals surface area contributed by atoms with Gasteiger partial charge in [0.15, 0.2) is 5.57 Å². The van der Waals surface area contributed by atoms with Crippen LogP contribution in [0.15, 0.2) is 59.1 Å². The standard InChI is InChI=1S/C20H12Cl2N4O2S/c21-15-7-6-14(8-16(15)22)26-18(27)9-17(20(26)28)29-19(12(10-23)11-24)25-13-4-2-1-3-5-13/h1-8,17,25H,9H2/t17-/m1/s1. The van der Waals surface area contributed by atoms with E-state index in [0.29, 0.717) is 16.4 Å². The van der Waals surface area contributed by atoms with Crippen LogP contribution in [0.5, 0.6) is 0 Å². The average molecular weight is 443 g/mol. The number of benzene rings is 2. The van der Waals surface area contributed by atoms with Gasteiger partial charge in [0.2, 0.25) is 11.8 Å². The molecule has 29 heavy (non-hydrogen) atoms. The molecule has 6 nitrogen and oxygen atoms in total. The molecule has 0 spiro atoms. The molecule has 1 N–H and O–H groups in total. The van der Waals surface area contributed by atoms with Gasteiger partial charge in [0.25, 0.3) is 0 Å². The van der Waals surface area contributed by atoms with Gasteiger partial charge < -0.3 is 5.32 Å². The Morgan fingerprint density at radius 3 is 2.38 bits per heavy atom. The van der Waals surface area contributed by atoms with Crippen molar-refractivity contribution >= 4 is 58.2 Å². The minimum atomic E-state index is -0.792. The largest absolute Gasteiger partial charge is 0.349 e. The second kappa shape index (κ2) is 9.02. The van der Waals surface area contributed by atoms with Crippen LogP contribution in [0.1, 0.15) is 6.42 Å². The van der Waals surface area contributed by atoms with Crippen LogP contribution < -0.4 is 10.2 Å². The maximum atomic E-state index is 12.9. The van der Waals surface area contributed by atoms with E-state index in [9.17, 15) is 20.1 Å². The Balaban J connectivity index is 1.87. The van der Waals surface area contributed by atoms with Gasteiger partial charge in [-0.15, -0.1) is 0 Å². The van der Waals surface area contributed by atoms with Crippen LogP contribution in [-0.2, 0) is 9.59 Å². The third kappa shape index (κ3) is 4.55. The number of hydrogen-bond acceptors (Lipinski definition) is 6. The molecular weight excluding hydrogens is 431 g/mol. The zero-order valence-corrected chi connectivity index (χ0v) is 17.1. The highest BCUT2D eigenvalue weighted by Gasteiger charge is 2.41. The number of nitriles is 2. The van der Waals surface area contributed by atoms with Gasteiger partial charge in [0.1, 0.15) is 17.2 Å². The first kappa shape index (κ1) is 20.8. The molecule has 1 atom stereocenters. The second-order valence-electron chi connectivity index (χ2n) is 5.90. The van der Waals surface area contributed by atoms with Gasteiger partial charge in [0.05, 0.1) is 21.0 Å². The van der Waals surface area contributed by atoms with Crippen molar-refractivity contribution in [2.75, 3.05) is 10.2 Å². The fourth-order valence-electron chi connectivity index (χ4n) is 2.66. The van der Waals surface area contributed by atoms with E-state index in [0.717, 1.165) is 16.7 Å². The van der Waals surface area contributed by atoms with E-state index >= 15 is 0 Å². The molecule has 0 radical (unpaired) electrons. The van der Waals surface area contributed by atoms with Crippen molar-refractivity contribution < 1.29 is 9.59 Å². The summed E-state index contributed by atoms with van der Waals surface area (Å²) in [6.45, 7) is 0. The highest BCUT2D eigenvalue weighted by molar-refractivity contribution is 8.04. The molecule has 9 heteroatoms. The molecule has 0 unspecified atom stereocenters. The number of para-hydroxylation sites is 1. The predicted octanol–water partition coefficient (Wildman–Crippen LogP) is 4.73. The van der Waals surface area contributed by atoms with Crippen molar-refractivity contribution in [3.8, 4) is 12.1 Å². The predicted molar refractivity (Wildman–Crippen MR) is 113 cm³/mol. The lowest BCUT2D eigenvalue weighted by molar-refractivity contribution is -0.121. The van der Waals surface area contributed by atoms with E-state index in [1.807, 2.05) is 18.2 Å². The molecule has 1 aliphatic rings. The number of thioether (sulfide) groups is 1. The van der Waals surface area contributed by atoms with E-state index in [2.05, 4.69) is 5.32 Å². The van der Waals surface area contributed by atoms with Crippen molar-refractivity contribution in [1.29, 1.82) is 10.5 Å². The van der Waals surface area contributed by atoms with Crippen LogP contribution in [0.4, 0.5) is 11.4 Å². The summed E-state index contributed by atoms with van der Waals surface area (Å²) in [6, 6.07) is 17.1. The first-order chi connectivity index (χ1) is 13.9. The molecule has 2 aromatic rings. The van der Waals surface area contributed by atoms with Crippen LogP contribution >= 0.6 is 35.0 Å². The number of carbonyl (C=O) groups is 2. The van der Waals surface area contributed by atoms with Crippen LogP contribution in [0.2, 0.25) is 10.0 Å². The smallest absolute Gasteiger partial charge is 0.247 e. The number of rotatable bonds is 5. The minimum absolute atomic E-state index is 0.0755. The number of nitrogens with zero attached hydrogens (tertiary/aromatic N) is 3. The van der Waals surface area contributed by atoms with Crippen molar-refractivity contribution in [3.63, 3.8) is 0 Å². The second-order valence-corrected chi connectivity index (χ2v) is 7.92. The molecule has 2 amide bonds. The summed E-state index contributed by atoms with van der Waals surface area (Å²) in [6.07, 6.45) is -0.0755. The van der Waals surface area contributed by atoms with E-state index in [4.69, 9.17) is 23.2 Å². The van der Waals surface area contributed by atoms with Gasteiger partial charge in [-0.25, -0.2) is 4.90 Å². The summed E-state index contributed by atoms with van der Waals surface area (Å²) in [5.74, 6) is -0.860. The third-order valence-electron chi connectivity index (χ3n) is 4.01. The molecule has 2 aromatic carbocycles. The number of allylic oxidation sites excluding steroid dienone is 1. The Morgan fingerprint density at radius 2 is 1.76 bits per heavy atom. The Kier molecular flexibility index (Phi) is 6.46. The lowest BCUT2D eigenvalue weighted by Crippen LogP contribution is -2.31. The lowest BCUT2D eigenvalue weighted by atomic mass is 10.3. The lowest BCUT2D eigenvalue weighted by Gasteiger charge is -2.17. The van der Waals surface area contributed by atoms with Crippen LogP contribution in [0.25, 0.3) is 0 Å². The fraction of sp³-hybridized carbons (Fsp3) is 0.100. The maximum Gasteiger partial charge on any atom is 0.247 e. The Bertz CT molecular complexity index is 1070. The number of nitrogens with one attached hydrogen (secondary N) is 1. The molecule has 3 rings (SSSR count). The molecule has 1 heterocycles. The van der Waals surface area contributed by atoms with Gasteiger partial charge in [-0.05, 0) is 30.3 Å². The summed E-state index contributed by atoms with van der Waals surface area (Å²) in [5.41, 5.74) is 0.794. The van der Waals surface area contributed by atoms with Gasteiger partial charge in [-0.1, -0.05) is 53.2 Å². The molecule has 1 aliphatic heterocycles. The Labute approximate surface area is 181 Å². The number of halogens is 2. The van der Waals surface area contributed by atoms with E-state index in [1.165, 1.54) is 18.2 Å². The summed E-state index contributed by atoms with van der Waals surface area (Å²) >= 11 is 12.9. The molecule has 144 valence electrons. The summed E-state index contributed by atoms with van der Waals surface area (Å²) in [5, 5.41) is 21.5. The maximum absolute atomic E-state index is 12.9. The number of imide groups is 1. The van der Waals surface area contributed by atoms with E-state index < -0.39 is 17.1 Å². The van der Waals surface area contributed by atoms with Crippen LogP contribution in [0.3, 0.4) is 0 Å². The number of anilines is 2. The summed E-state index contributed by atoms with van der Waals surface area (Å²) in [4.78, 5) is 26.4. The zero-order chi connectivity index (χ0) is 21.0. The molecule has 0 aromatic heterocycles. The highest BCUT2D eigenvalue weighted by Crippen LogP contribution is 2.36. The van der Waals surface area contributed by atoms with Gasteiger partial charge in [-0.3, -0.25) is 9.59 Å². The SMILES string of the molecule is N#CC(C#N)=C(Nc1ccccc1)S[C@@H]1CC(=O)N(c2ccc(Cl)c(Cl)c2)C1=O. The van der Waals surface area contributed by atoms with Crippen molar-refractivity contribution in [2.24, 2.45) is 0 Å². The van der Waals surface area contributed by atoms with Crippen LogP contribution in [-0.4, -0.2) is 17.1 Å². The number of carbonyl (C=O) groups excluding carboxylic acids is 2. The fourth-order valence-corrected chi connectivity index (χ4v) is 4.06. The third-order valence-corrected chi connectivity index (χ3v) is 5.94. The molecule has 0 bridgehead atoms. The quantitative estimate of drug-likeness (QED) is 0.530. The summed E-state index contributed by atoms with van der Waals surface area (Å²) in [7, 11) is 0. The average Bonchev–Trinajstić information content (AvgIpc) is 2.99. The Morgan fingerprint density at radius 1 is 1.07 bits per heavy atom. The van der Waals surface area contributed by atoms with Crippen molar-refractivity contribution in [3.05, 3.63) is 69.2 Å². The normalized spacial score (nSPS) is 15.6. The van der Waals surface area contributed by atoms with E-state index in [1.54, 1.807) is 24.3 Å². The van der Waals surface area contributed by atoms with Gasteiger partial charge in [-0.2, -0.15) is 10.5 Å². The molecule has 1 fully saturated rings. The first-order valence-corrected chi connectivity index (χ1v) is 9.93. The zero-order valence-electron chi connectivity index (χ0n) is 14.7. The minimum Gasteiger partial charge on any atom is -0.349 e. The molecular formula is C20H12Cl2N4O2S. The number of hydrogen-bond donors (Lipinski definition) is 1. The highest BCUT2D eigenvalue weighted by atomic mass is 35.5. The molecule has 1 saturated heterocycles. The monoisotopic (exact) mass is 442 g/mol. The van der Waals surface area contributed by atoms with Crippen LogP contribution in [0, 0.1) is 22.7 Å². The van der Waals surface area contributed by atoms with Gasteiger partial charge in [0, 0.05) is 12.1 Å². The van der Waals surface area contributed by atoms with Gasteiger partial charge >= 0.3 is 0 Å². The summed E-state index contributed by atoms with van der Waals surface area (Å²) < 4.78 is 0. The van der Waals surface area contributed by atoms with E-state index in [-0.39, 0.29) is 22.0 Å². The Hall–Kier alpha value is -2.97. The van der Waals surface area contributed by atoms with Crippen molar-refractivity contribution in [2.45, 2.75) is 11.7 Å². The van der Waals surface area contributed by atoms with Crippen molar-refractivity contribution in [1.82, 2.24) is 0 Å². The molecule has 0 aliphatic carbocycles. The number of amides is 2. The first-order valence-electron chi connectivity index (χ1n) is 8.29.